The van der Waals surface area contributed by atoms with Crippen molar-refractivity contribution in [2.24, 2.45) is 7.05 Å². The highest BCUT2D eigenvalue weighted by atomic mass is 16.5. The van der Waals surface area contributed by atoms with Crippen LogP contribution in [0.3, 0.4) is 0 Å². The van der Waals surface area contributed by atoms with Crippen LogP contribution in [0.15, 0.2) is 0 Å². The van der Waals surface area contributed by atoms with E-state index in [-0.39, 0.29) is 0 Å². The Morgan fingerprint density at radius 3 is 2.76 bits per heavy atom. The highest BCUT2D eigenvalue weighted by Crippen LogP contribution is 2.20. The predicted molar refractivity (Wildman–Crippen MR) is 64.1 cm³/mol. The van der Waals surface area contributed by atoms with Crippen molar-refractivity contribution in [3.63, 3.8) is 0 Å². The molecule has 1 heterocycles. The molecule has 1 aromatic heterocycles. The number of rotatable bonds is 7. The number of hydrogen-bond acceptors (Lipinski definition) is 5. The van der Waals surface area contributed by atoms with Gasteiger partial charge in [0.1, 0.15) is 0 Å². The fourth-order valence-corrected chi connectivity index (χ4v) is 1.75. The van der Waals surface area contributed by atoms with Gasteiger partial charge in [-0.25, -0.2) is 4.68 Å². The molecule has 6 nitrogen and oxygen atoms in total. The monoisotopic (exact) mass is 243 g/mol. The smallest absolute Gasteiger partial charge is 0.216 e. The normalized spacial score (nSPS) is 12.8. The minimum Gasteiger partial charge on any atom is -0.481 e. The van der Waals surface area contributed by atoms with Crippen molar-refractivity contribution < 1.29 is 14.6 Å². The second-order valence-electron chi connectivity index (χ2n) is 3.94. The van der Waals surface area contributed by atoms with Crippen molar-refractivity contribution in [1.29, 1.82) is 0 Å². The van der Waals surface area contributed by atoms with Gasteiger partial charge < -0.3 is 19.9 Å². The largest absolute Gasteiger partial charge is 0.481 e. The first-order chi connectivity index (χ1) is 8.10. The van der Waals surface area contributed by atoms with Gasteiger partial charge in [0.15, 0.2) is 0 Å². The molecule has 0 saturated carbocycles. The molecule has 17 heavy (non-hydrogen) atoms. The van der Waals surface area contributed by atoms with Gasteiger partial charge in [-0.1, -0.05) is 0 Å². The summed E-state index contributed by atoms with van der Waals surface area (Å²) < 4.78 is 11.8. The number of aromatic nitrogens is 2. The summed E-state index contributed by atoms with van der Waals surface area (Å²) in [4.78, 5) is 0. The van der Waals surface area contributed by atoms with Crippen molar-refractivity contribution >= 4 is 0 Å². The first kappa shape index (κ1) is 14.0. The lowest BCUT2D eigenvalue weighted by Crippen LogP contribution is -2.29. The lowest BCUT2D eigenvalue weighted by molar-refractivity contribution is 0.0643. The molecular weight excluding hydrogens is 222 g/mol. The number of aliphatic hydroxyl groups is 1. The molecule has 6 heteroatoms. The second kappa shape index (κ2) is 6.58. The van der Waals surface area contributed by atoms with Crippen LogP contribution in [0, 0.1) is 6.92 Å². The molecule has 1 unspecified atom stereocenters. The average Bonchev–Trinajstić information content (AvgIpc) is 2.54. The number of ether oxygens (including phenoxy) is 2. The van der Waals surface area contributed by atoms with E-state index < -0.39 is 6.10 Å². The van der Waals surface area contributed by atoms with E-state index in [1.807, 2.05) is 14.0 Å². The molecule has 0 aromatic carbocycles. The Morgan fingerprint density at radius 2 is 2.18 bits per heavy atom. The van der Waals surface area contributed by atoms with E-state index in [1.165, 1.54) is 0 Å². The van der Waals surface area contributed by atoms with E-state index in [0.717, 1.165) is 17.1 Å². The molecule has 0 fully saturated rings. The fourth-order valence-electron chi connectivity index (χ4n) is 1.75. The van der Waals surface area contributed by atoms with Gasteiger partial charge in [-0.05, 0) is 6.92 Å². The van der Waals surface area contributed by atoms with Gasteiger partial charge in [0, 0.05) is 27.2 Å². The van der Waals surface area contributed by atoms with E-state index in [1.54, 1.807) is 18.9 Å². The molecule has 0 saturated heterocycles. The van der Waals surface area contributed by atoms with Crippen LogP contribution < -0.4 is 10.1 Å². The zero-order chi connectivity index (χ0) is 12.8. The summed E-state index contributed by atoms with van der Waals surface area (Å²) in [5.74, 6) is 0.747. The standard InChI is InChI=1S/C11H21N3O3/c1-8-10(11(17-4)14(2)13-8)6-12-5-9(15)7-16-3/h9,12,15H,5-7H2,1-4H3. The molecule has 0 aliphatic rings. The highest BCUT2D eigenvalue weighted by molar-refractivity contribution is 5.30. The van der Waals surface area contributed by atoms with Crippen LogP contribution in [0.1, 0.15) is 11.3 Å². The molecule has 1 rings (SSSR count). The molecule has 0 aliphatic carbocycles. The van der Waals surface area contributed by atoms with Gasteiger partial charge in [-0.15, -0.1) is 0 Å². The number of hydrogen-bond donors (Lipinski definition) is 2. The summed E-state index contributed by atoms with van der Waals surface area (Å²) in [7, 11) is 5.03. The topological polar surface area (TPSA) is 68.5 Å². The summed E-state index contributed by atoms with van der Waals surface area (Å²) in [5.41, 5.74) is 1.94. The molecule has 98 valence electrons. The molecule has 1 atom stereocenters. The number of nitrogens with zero attached hydrogens (tertiary/aromatic N) is 2. The molecule has 2 N–H and O–H groups in total. The fraction of sp³-hybridized carbons (Fsp3) is 0.727. The third-order valence-corrected chi connectivity index (χ3v) is 2.52. The lowest BCUT2D eigenvalue weighted by atomic mass is 10.2. The molecule has 0 amide bonds. The summed E-state index contributed by atoms with van der Waals surface area (Å²) in [6.07, 6.45) is -0.497. The van der Waals surface area contributed by atoms with Crippen LogP contribution in [0.25, 0.3) is 0 Å². The first-order valence-corrected chi connectivity index (χ1v) is 5.54. The number of aryl methyl sites for hydroxylation is 2. The molecule has 1 aromatic rings. The third kappa shape index (κ3) is 3.69. The second-order valence-corrected chi connectivity index (χ2v) is 3.94. The maximum atomic E-state index is 9.49. The number of methoxy groups -OCH3 is 2. The van der Waals surface area contributed by atoms with E-state index in [0.29, 0.717) is 19.7 Å². The molecule has 0 aliphatic heterocycles. The molecule has 0 radical (unpaired) electrons. The Labute approximate surface area is 102 Å². The molecular formula is C11H21N3O3. The quantitative estimate of drug-likeness (QED) is 0.696. The summed E-state index contributed by atoms with van der Waals surface area (Å²) in [6, 6.07) is 0. The van der Waals surface area contributed by atoms with Crippen LogP contribution >= 0.6 is 0 Å². The number of nitrogens with one attached hydrogen (secondary N) is 1. The van der Waals surface area contributed by atoms with Crippen LogP contribution in [0.5, 0.6) is 5.88 Å². The minimum atomic E-state index is -0.497. The molecule has 0 spiro atoms. The summed E-state index contributed by atoms with van der Waals surface area (Å²) >= 11 is 0. The van der Waals surface area contributed by atoms with Crippen LogP contribution in [0.4, 0.5) is 0 Å². The van der Waals surface area contributed by atoms with Crippen molar-refractivity contribution in [2.75, 3.05) is 27.4 Å². The van der Waals surface area contributed by atoms with Gasteiger partial charge in [0.2, 0.25) is 5.88 Å². The summed E-state index contributed by atoms with van der Waals surface area (Å²) in [6.45, 7) is 3.36. The predicted octanol–water partition coefficient (Wildman–Crippen LogP) is -0.166. The Morgan fingerprint density at radius 1 is 1.47 bits per heavy atom. The Hall–Kier alpha value is -1.11. The van der Waals surface area contributed by atoms with E-state index in [9.17, 15) is 5.11 Å². The van der Waals surface area contributed by atoms with E-state index >= 15 is 0 Å². The minimum absolute atomic E-state index is 0.330. The van der Waals surface area contributed by atoms with Crippen LogP contribution in [-0.2, 0) is 18.3 Å². The lowest BCUT2D eigenvalue weighted by Gasteiger charge is -2.11. The van der Waals surface area contributed by atoms with Gasteiger partial charge in [-0.2, -0.15) is 5.10 Å². The first-order valence-electron chi connectivity index (χ1n) is 5.54. The van der Waals surface area contributed by atoms with Crippen LogP contribution in [0.2, 0.25) is 0 Å². The van der Waals surface area contributed by atoms with Crippen molar-refractivity contribution in [3.05, 3.63) is 11.3 Å². The molecule has 0 bridgehead atoms. The van der Waals surface area contributed by atoms with E-state index in [4.69, 9.17) is 9.47 Å². The average molecular weight is 243 g/mol. The van der Waals surface area contributed by atoms with Crippen LogP contribution in [-0.4, -0.2) is 48.4 Å². The Kier molecular flexibility index (Phi) is 5.40. The van der Waals surface area contributed by atoms with Gasteiger partial charge >= 0.3 is 0 Å². The Balaban J connectivity index is 2.51. The van der Waals surface area contributed by atoms with Crippen molar-refractivity contribution in [1.82, 2.24) is 15.1 Å². The van der Waals surface area contributed by atoms with Gasteiger partial charge in [-0.3, -0.25) is 0 Å². The SMILES string of the molecule is COCC(O)CNCc1c(C)nn(C)c1OC. The zero-order valence-corrected chi connectivity index (χ0v) is 10.9. The Bertz CT molecular complexity index is 352. The van der Waals surface area contributed by atoms with Gasteiger partial charge in [0.05, 0.1) is 31.1 Å². The van der Waals surface area contributed by atoms with Crippen molar-refractivity contribution in [2.45, 2.75) is 19.6 Å². The number of aliphatic hydroxyl groups excluding tert-OH is 1. The third-order valence-electron chi connectivity index (χ3n) is 2.52. The maximum absolute atomic E-state index is 9.49. The zero-order valence-electron chi connectivity index (χ0n) is 10.9. The highest BCUT2D eigenvalue weighted by Gasteiger charge is 2.13. The summed E-state index contributed by atoms with van der Waals surface area (Å²) in [5, 5.41) is 16.9. The van der Waals surface area contributed by atoms with Crippen molar-refractivity contribution in [3.8, 4) is 5.88 Å². The van der Waals surface area contributed by atoms with E-state index in [2.05, 4.69) is 10.4 Å². The maximum Gasteiger partial charge on any atom is 0.216 e. The van der Waals surface area contributed by atoms with Gasteiger partial charge in [0.25, 0.3) is 0 Å².